The fourth-order valence-corrected chi connectivity index (χ4v) is 2.50. The van der Waals surface area contributed by atoms with Gasteiger partial charge in [0.05, 0.1) is 0 Å². The van der Waals surface area contributed by atoms with Crippen molar-refractivity contribution in [2.75, 3.05) is 5.75 Å². The van der Waals surface area contributed by atoms with Crippen molar-refractivity contribution < 1.29 is 16.6 Å². The van der Waals surface area contributed by atoms with Gasteiger partial charge in [-0.3, -0.25) is 4.55 Å². The fourth-order valence-electron chi connectivity index (χ4n) is 1.46. The summed E-state index contributed by atoms with van der Waals surface area (Å²) >= 11 is 0.766. The van der Waals surface area contributed by atoms with Crippen molar-refractivity contribution >= 4 is 22.4 Å². The van der Waals surface area contributed by atoms with E-state index in [1.807, 2.05) is 0 Å². The van der Waals surface area contributed by atoms with Crippen LogP contribution >= 0.6 is 12.0 Å². The summed E-state index contributed by atoms with van der Waals surface area (Å²) in [5.41, 5.74) is 0. The number of hydrogen-bond acceptors (Lipinski definition) is 4. The van der Waals surface area contributed by atoms with Crippen LogP contribution in [0.5, 0.6) is 0 Å². The highest BCUT2D eigenvalue weighted by Gasteiger charge is 2.03. The quantitative estimate of drug-likeness (QED) is 0.254. The van der Waals surface area contributed by atoms with Gasteiger partial charge in [0.25, 0.3) is 0 Å². The minimum atomic E-state index is -4.29. The molecule has 0 amide bonds. The van der Waals surface area contributed by atoms with Crippen LogP contribution in [0.4, 0.5) is 0 Å². The second-order valence-corrected chi connectivity index (χ2v) is 6.18. The van der Waals surface area contributed by atoms with Crippen molar-refractivity contribution in [1.82, 2.24) is 0 Å². The maximum atomic E-state index is 10.2. The van der Waals surface area contributed by atoms with Gasteiger partial charge >= 0.3 is 10.4 Å². The standard InChI is InChI=1S/C12H24O4S2/c1-2-3-4-5-6-7-8-9-10-11-12-17-16-18(13,14)15/h8-9H,2-7,10-12H2,1H3,(H,13,14,15). The van der Waals surface area contributed by atoms with Gasteiger partial charge in [-0.05, 0) is 25.7 Å². The van der Waals surface area contributed by atoms with Crippen LogP contribution in [0, 0.1) is 0 Å². The Kier molecular flexibility index (Phi) is 12.0. The predicted octanol–water partition coefficient (Wildman–Crippen LogP) is 4.15. The van der Waals surface area contributed by atoms with E-state index >= 15 is 0 Å². The van der Waals surface area contributed by atoms with E-state index in [1.165, 1.54) is 32.1 Å². The minimum Gasteiger partial charge on any atom is -0.263 e. The summed E-state index contributed by atoms with van der Waals surface area (Å²) in [4.78, 5) is 0. The molecule has 0 radical (unpaired) electrons. The van der Waals surface area contributed by atoms with Crippen LogP contribution in [0.1, 0.15) is 58.3 Å². The maximum absolute atomic E-state index is 10.2. The molecule has 0 aromatic carbocycles. The van der Waals surface area contributed by atoms with Crippen LogP contribution in [-0.2, 0) is 14.0 Å². The Balaban J connectivity index is 3.18. The molecule has 0 unspecified atom stereocenters. The van der Waals surface area contributed by atoms with Gasteiger partial charge in [-0.1, -0.05) is 44.8 Å². The van der Waals surface area contributed by atoms with Crippen molar-refractivity contribution in [1.29, 1.82) is 0 Å². The van der Waals surface area contributed by atoms with Gasteiger partial charge in [0.15, 0.2) is 0 Å². The predicted molar refractivity (Wildman–Crippen MR) is 76.8 cm³/mol. The first-order valence-corrected chi connectivity index (χ1v) is 8.77. The van der Waals surface area contributed by atoms with Crippen molar-refractivity contribution in [3.63, 3.8) is 0 Å². The number of rotatable bonds is 12. The number of hydrogen-bond donors (Lipinski definition) is 1. The van der Waals surface area contributed by atoms with Gasteiger partial charge < -0.3 is 0 Å². The van der Waals surface area contributed by atoms with E-state index in [9.17, 15) is 8.42 Å². The van der Waals surface area contributed by atoms with Gasteiger partial charge in [-0.25, -0.2) is 0 Å². The zero-order chi connectivity index (χ0) is 13.7. The lowest BCUT2D eigenvalue weighted by molar-refractivity contribution is 0.407. The number of allylic oxidation sites excluding steroid dienone is 2. The molecule has 0 aliphatic heterocycles. The first-order valence-electron chi connectivity index (χ1n) is 6.49. The molecule has 0 fully saturated rings. The molecule has 0 saturated carbocycles. The number of unbranched alkanes of at least 4 members (excludes halogenated alkanes) is 6. The lowest BCUT2D eigenvalue weighted by Gasteiger charge is -1.97. The lowest BCUT2D eigenvalue weighted by Crippen LogP contribution is -1.97. The normalized spacial score (nSPS) is 12.3. The Labute approximate surface area is 115 Å². The van der Waals surface area contributed by atoms with Crippen LogP contribution in [0.3, 0.4) is 0 Å². The van der Waals surface area contributed by atoms with Crippen LogP contribution in [0.15, 0.2) is 12.2 Å². The molecule has 4 nitrogen and oxygen atoms in total. The molecule has 0 aromatic heterocycles. The molecular weight excluding hydrogens is 272 g/mol. The van der Waals surface area contributed by atoms with Gasteiger partial charge in [-0.2, -0.15) is 12.0 Å². The Hall–Kier alpha value is -0.0400. The van der Waals surface area contributed by atoms with Crippen LogP contribution in [-0.4, -0.2) is 18.7 Å². The first kappa shape index (κ1) is 18.0. The maximum Gasteiger partial charge on any atom is 0.408 e. The van der Waals surface area contributed by atoms with Crippen molar-refractivity contribution in [3.05, 3.63) is 12.2 Å². The largest absolute Gasteiger partial charge is 0.408 e. The van der Waals surface area contributed by atoms with Crippen molar-refractivity contribution in [2.24, 2.45) is 0 Å². The Bertz CT molecular complexity index is 299. The average molecular weight is 296 g/mol. The average Bonchev–Trinajstić information content (AvgIpc) is 2.29. The van der Waals surface area contributed by atoms with E-state index in [-0.39, 0.29) is 0 Å². The van der Waals surface area contributed by atoms with Crippen LogP contribution < -0.4 is 0 Å². The molecule has 0 aromatic rings. The molecule has 0 heterocycles. The van der Waals surface area contributed by atoms with E-state index < -0.39 is 10.4 Å². The molecule has 0 aliphatic rings. The SMILES string of the molecule is CCCCCCCC=CCCCSOS(=O)(=O)O. The summed E-state index contributed by atoms with van der Waals surface area (Å²) in [7, 11) is -4.29. The van der Waals surface area contributed by atoms with Gasteiger partial charge in [-0.15, -0.1) is 0 Å². The lowest BCUT2D eigenvalue weighted by atomic mass is 10.1. The summed E-state index contributed by atoms with van der Waals surface area (Å²) in [6, 6.07) is 0. The third-order valence-corrected chi connectivity index (χ3v) is 3.90. The molecule has 0 bridgehead atoms. The molecule has 0 atom stereocenters. The topological polar surface area (TPSA) is 63.6 Å². The summed E-state index contributed by atoms with van der Waals surface area (Å²) in [5, 5.41) is 0. The summed E-state index contributed by atoms with van der Waals surface area (Å²) in [6.45, 7) is 2.21. The Morgan fingerprint density at radius 3 is 2.28 bits per heavy atom. The van der Waals surface area contributed by atoms with Crippen LogP contribution in [0.25, 0.3) is 0 Å². The molecule has 0 aliphatic carbocycles. The second kappa shape index (κ2) is 12.0. The zero-order valence-electron chi connectivity index (χ0n) is 11.0. The molecular formula is C12H24O4S2. The van der Waals surface area contributed by atoms with Gasteiger partial charge in [0.2, 0.25) is 0 Å². The third kappa shape index (κ3) is 16.0. The highest BCUT2D eigenvalue weighted by atomic mass is 32.3. The zero-order valence-corrected chi connectivity index (χ0v) is 12.6. The second-order valence-electron chi connectivity index (χ2n) is 4.13. The highest BCUT2D eigenvalue weighted by Crippen LogP contribution is 2.10. The monoisotopic (exact) mass is 296 g/mol. The Morgan fingerprint density at radius 2 is 1.67 bits per heavy atom. The van der Waals surface area contributed by atoms with Gasteiger partial charge in [0.1, 0.15) is 0 Å². The van der Waals surface area contributed by atoms with E-state index in [4.69, 9.17) is 4.55 Å². The van der Waals surface area contributed by atoms with Gasteiger partial charge in [0, 0.05) is 17.8 Å². The highest BCUT2D eigenvalue weighted by molar-refractivity contribution is 8.02. The molecule has 1 N–H and O–H groups in total. The Morgan fingerprint density at radius 1 is 1.06 bits per heavy atom. The molecule has 0 rings (SSSR count). The van der Waals surface area contributed by atoms with Crippen molar-refractivity contribution in [2.45, 2.75) is 58.3 Å². The summed E-state index contributed by atoms with van der Waals surface area (Å²) in [6.07, 6.45) is 13.7. The fraction of sp³-hybridized carbons (Fsp3) is 0.833. The van der Waals surface area contributed by atoms with E-state index in [1.54, 1.807) is 0 Å². The van der Waals surface area contributed by atoms with E-state index in [2.05, 4.69) is 22.7 Å². The molecule has 18 heavy (non-hydrogen) atoms. The van der Waals surface area contributed by atoms with Crippen LogP contribution in [0.2, 0.25) is 0 Å². The molecule has 0 spiro atoms. The summed E-state index contributed by atoms with van der Waals surface area (Å²) < 4.78 is 32.9. The molecule has 108 valence electrons. The molecule has 6 heteroatoms. The minimum absolute atomic E-state index is 0.556. The molecule has 0 saturated heterocycles. The summed E-state index contributed by atoms with van der Waals surface area (Å²) in [5.74, 6) is 0.556. The van der Waals surface area contributed by atoms with E-state index in [0.717, 1.165) is 31.3 Å². The first-order chi connectivity index (χ1) is 8.56. The van der Waals surface area contributed by atoms with Crippen molar-refractivity contribution in [3.8, 4) is 0 Å². The third-order valence-electron chi connectivity index (χ3n) is 2.37. The van der Waals surface area contributed by atoms with E-state index in [0.29, 0.717) is 5.75 Å². The smallest absolute Gasteiger partial charge is 0.263 e.